The number of carbonyl (C=O) groups is 2. The van der Waals surface area contributed by atoms with E-state index in [9.17, 15) is 14.7 Å². The number of carboxylic acid groups (broad SMARTS) is 2. The maximum atomic E-state index is 11.1. The molecule has 22 heavy (non-hydrogen) atoms. The maximum Gasteiger partial charge on any atom is 0.320 e. The lowest BCUT2D eigenvalue weighted by Gasteiger charge is -2.17. The third kappa shape index (κ3) is 10.3. The van der Waals surface area contributed by atoms with Gasteiger partial charge in [-0.25, -0.2) is 0 Å². The van der Waals surface area contributed by atoms with Gasteiger partial charge in [0, 0.05) is 17.5 Å². The topological polar surface area (TPSA) is 133 Å². The van der Waals surface area contributed by atoms with E-state index in [-0.39, 0.29) is 11.8 Å². The number of aliphatic hydroxyl groups is 1. The molecule has 0 rings (SSSR count). The Labute approximate surface area is 138 Å². The molecule has 9 heteroatoms. The van der Waals surface area contributed by atoms with Gasteiger partial charge in [0.15, 0.2) is 0 Å². The minimum atomic E-state index is -1.01. The van der Waals surface area contributed by atoms with E-state index in [0.717, 1.165) is 0 Å². The molecule has 0 amide bonds. The fourth-order valence-electron chi connectivity index (χ4n) is 1.56. The summed E-state index contributed by atoms with van der Waals surface area (Å²) in [5.41, 5.74) is 5.46. The second-order valence-corrected chi connectivity index (χ2v) is 7.98. The van der Waals surface area contributed by atoms with Crippen molar-refractivity contribution in [1.82, 2.24) is 5.32 Å². The van der Waals surface area contributed by atoms with Gasteiger partial charge in [-0.05, 0) is 19.3 Å². The Morgan fingerprint density at radius 2 is 1.91 bits per heavy atom. The van der Waals surface area contributed by atoms with E-state index in [0.29, 0.717) is 25.0 Å². The van der Waals surface area contributed by atoms with E-state index in [2.05, 4.69) is 5.32 Å². The van der Waals surface area contributed by atoms with Gasteiger partial charge in [-0.1, -0.05) is 35.4 Å². The Bertz CT molecular complexity index is 346. The molecule has 0 spiro atoms. The van der Waals surface area contributed by atoms with E-state index in [1.165, 1.54) is 21.6 Å². The van der Waals surface area contributed by atoms with Crippen molar-refractivity contribution in [3.8, 4) is 0 Å². The van der Waals surface area contributed by atoms with Crippen LogP contribution in [0.2, 0.25) is 0 Å². The van der Waals surface area contributed by atoms with Crippen molar-refractivity contribution in [3.63, 3.8) is 0 Å². The van der Waals surface area contributed by atoms with E-state index in [1.54, 1.807) is 0 Å². The molecule has 0 aliphatic heterocycles. The number of hydrogen-bond acceptors (Lipinski definition) is 7. The summed E-state index contributed by atoms with van der Waals surface area (Å²) in [6.07, 6.45) is 0.837. The van der Waals surface area contributed by atoms with Gasteiger partial charge in [-0.3, -0.25) is 9.59 Å². The SMILES string of the molecule is CCC(O)CNC(CCSSC(C)CC(N)C(=O)O)C(=O)O. The van der Waals surface area contributed by atoms with Crippen molar-refractivity contribution < 1.29 is 24.9 Å². The molecule has 6 N–H and O–H groups in total. The molecule has 0 fully saturated rings. The van der Waals surface area contributed by atoms with Crippen molar-refractivity contribution >= 4 is 33.5 Å². The Morgan fingerprint density at radius 3 is 2.41 bits per heavy atom. The van der Waals surface area contributed by atoms with Crippen LogP contribution in [0.5, 0.6) is 0 Å². The maximum absolute atomic E-state index is 11.1. The van der Waals surface area contributed by atoms with Crippen LogP contribution < -0.4 is 11.1 Å². The molecule has 7 nitrogen and oxygen atoms in total. The standard InChI is InChI=1S/C13H26N2O5S2/c1-3-9(16)7-15-11(13(19)20)4-5-21-22-8(2)6-10(14)12(17)18/h8-11,15-16H,3-7,14H2,1-2H3,(H,17,18)(H,19,20). The molecular formula is C13H26N2O5S2. The first-order valence-electron chi connectivity index (χ1n) is 7.18. The number of aliphatic hydroxyl groups excluding tert-OH is 1. The van der Waals surface area contributed by atoms with E-state index < -0.39 is 30.1 Å². The molecule has 4 unspecified atom stereocenters. The highest BCUT2D eigenvalue weighted by molar-refractivity contribution is 8.76. The van der Waals surface area contributed by atoms with Crippen molar-refractivity contribution in [2.75, 3.05) is 12.3 Å². The average molecular weight is 354 g/mol. The number of carboxylic acids is 2. The summed E-state index contributed by atoms with van der Waals surface area (Å²) in [6.45, 7) is 3.98. The smallest absolute Gasteiger partial charge is 0.320 e. The first kappa shape index (κ1) is 21.5. The number of nitrogens with one attached hydrogen (secondary N) is 1. The zero-order valence-corrected chi connectivity index (χ0v) is 14.5. The normalized spacial score (nSPS) is 16.7. The molecule has 0 aromatic rings. The Morgan fingerprint density at radius 1 is 1.27 bits per heavy atom. The molecule has 0 saturated carbocycles. The second kappa shape index (κ2) is 12.0. The molecule has 0 aromatic heterocycles. The minimum Gasteiger partial charge on any atom is -0.480 e. The Kier molecular flexibility index (Phi) is 11.7. The monoisotopic (exact) mass is 354 g/mol. The fraction of sp³-hybridized carbons (Fsp3) is 0.846. The van der Waals surface area contributed by atoms with Crippen molar-refractivity contribution in [2.45, 2.75) is 56.5 Å². The fourth-order valence-corrected chi connectivity index (χ4v) is 4.02. The number of aliphatic carboxylic acids is 2. The van der Waals surface area contributed by atoms with Gasteiger partial charge in [0.2, 0.25) is 0 Å². The number of hydrogen-bond donors (Lipinski definition) is 5. The molecule has 0 aliphatic carbocycles. The summed E-state index contributed by atoms with van der Waals surface area (Å²) in [6, 6.07) is -1.56. The van der Waals surface area contributed by atoms with Gasteiger partial charge in [-0.2, -0.15) is 0 Å². The van der Waals surface area contributed by atoms with Gasteiger partial charge in [0.05, 0.1) is 6.10 Å². The van der Waals surface area contributed by atoms with Gasteiger partial charge < -0.3 is 26.4 Å². The van der Waals surface area contributed by atoms with Crippen LogP contribution in [0.3, 0.4) is 0 Å². The molecule has 130 valence electrons. The van der Waals surface area contributed by atoms with Gasteiger partial charge >= 0.3 is 11.9 Å². The van der Waals surface area contributed by atoms with Crippen LogP contribution in [0.1, 0.15) is 33.1 Å². The molecular weight excluding hydrogens is 328 g/mol. The molecule has 0 saturated heterocycles. The summed E-state index contributed by atoms with van der Waals surface area (Å²) in [7, 11) is 3.01. The summed E-state index contributed by atoms with van der Waals surface area (Å²) in [4.78, 5) is 21.8. The van der Waals surface area contributed by atoms with Crippen molar-refractivity contribution in [1.29, 1.82) is 0 Å². The van der Waals surface area contributed by atoms with Crippen LogP contribution in [0.25, 0.3) is 0 Å². The molecule has 0 heterocycles. The molecule has 0 radical (unpaired) electrons. The van der Waals surface area contributed by atoms with E-state index in [4.69, 9.17) is 15.9 Å². The van der Waals surface area contributed by atoms with Crippen molar-refractivity contribution in [3.05, 3.63) is 0 Å². The summed E-state index contributed by atoms with van der Waals surface area (Å²) in [5.74, 6) is -1.33. The van der Waals surface area contributed by atoms with Crippen LogP contribution in [0.4, 0.5) is 0 Å². The number of rotatable bonds is 13. The Balaban J connectivity index is 3.93. The first-order valence-corrected chi connectivity index (χ1v) is 9.57. The predicted molar refractivity (Wildman–Crippen MR) is 90.1 cm³/mol. The third-order valence-corrected chi connectivity index (χ3v) is 5.95. The highest BCUT2D eigenvalue weighted by Gasteiger charge is 2.19. The second-order valence-electron chi connectivity index (χ2n) is 5.06. The largest absolute Gasteiger partial charge is 0.480 e. The highest BCUT2D eigenvalue weighted by atomic mass is 33.1. The zero-order chi connectivity index (χ0) is 17.1. The molecule has 0 aliphatic rings. The average Bonchev–Trinajstić information content (AvgIpc) is 2.45. The van der Waals surface area contributed by atoms with E-state index in [1.807, 2.05) is 13.8 Å². The van der Waals surface area contributed by atoms with Gasteiger partial charge in [0.1, 0.15) is 12.1 Å². The lowest BCUT2D eigenvalue weighted by molar-refractivity contribution is -0.140. The summed E-state index contributed by atoms with van der Waals surface area (Å²) >= 11 is 0. The van der Waals surface area contributed by atoms with Crippen LogP contribution in [-0.2, 0) is 9.59 Å². The predicted octanol–water partition coefficient (Wildman–Crippen LogP) is 0.762. The lowest BCUT2D eigenvalue weighted by Crippen LogP contribution is -2.41. The lowest BCUT2D eigenvalue weighted by atomic mass is 10.2. The van der Waals surface area contributed by atoms with Gasteiger partial charge in [0.25, 0.3) is 0 Å². The molecule has 4 atom stereocenters. The molecule has 0 bridgehead atoms. The summed E-state index contributed by atoms with van der Waals surface area (Å²) in [5, 5.41) is 30.2. The van der Waals surface area contributed by atoms with Crippen molar-refractivity contribution in [2.24, 2.45) is 5.73 Å². The Hall–Kier alpha value is -0.480. The van der Waals surface area contributed by atoms with E-state index >= 15 is 0 Å². The van der Waals surface area contributed by atoms with Crippen LogP contribution in [0.15, 0.2) is 0 Å². The van der Waals surface area contributed by atoms with Gasteiger partial charge in [-0.15, -0.1) is 0 Å². The molecule has 0 aromatic carbocycles. The first-order chi connectivity index (χ1) is 10.3. The van der Waals surface area contributed by atoms with Crippen LogP contribution in [0, 0.1) is 0 Å². The highest BCUT2D eigenvalue weighted by Crippen LogP contribution is 2.29. The third-order valence-electron chi connectivity index (χ3n) is 2.99. The summed E-state index contributed by atoms with van der Waals surface area (Å²) < 4.78 is 0. The quantitative estimate of drug-likeness (QED) is 0.240. The minimum absolute atomic E-state index is 0.0780. The van der Waals surface area contributed by atoms with Crippen LogP contribution >= 0.6 is 21.6 Å². The van der Waals surface area contributed by atoms with Crippen LogP contribution in [-0.4, -0.2) is 63.0 Å². The number of nitrogens with two attached hydrogens (primary N) is 1. The zero-order valence-electron chi connectivity index (χ0n) is 12.9.